The van der Waals surface area contributed by atoms with E-state index in [0.29, 0.717) is 16.8 Å². The summed E-state index contributed by atoms with van der Waals surface area (Å²) in [6.07, 6.45) is 0.912. The number of pyridine rings is 1. The summed E-state index contributed by atoms with van der Waals surface area (Å²) in [5.74, 6) is 4.63. The largest absolute Gasteiger partial charge is 0.466 e. The van der Waals surface area contributed by atoms with E-state index in [1.807, 2.05) is 6.07 Å². The van der Waals surface area contributed by atoms with Gasteiger partial charge in [-0.15, -0.1) is 0 Å². The lowest BCUT2D eigenvalue weighted by Gasteiger charge is -2.34. The SMILES string of the molecule is CCOC(=O)CC(C)N1C(=O)c2cc(C#CCCC(=O)c3cccnc3NC(=O)OC(C)(C)C)ccc2N(C)C(=O)C1c1ccccc1. The van der Waals surface area contributed by atoms with Crippen LogP contribution in [0.15, 0.2) is 66.9 Å². The number of aromatic nitrogens is 1. The number of anilines is 2. The summed E-state index contributed by atoms with van der Waals surface area (Å²) in [6, 6.07) is 15.5. The molecule has 3 aromatic rings. The van der Waals surface area contributed by atoms with Crippen molar-refractivity contribution in [2.45, 2.75) is 71.6 Å². The van der Waals surface area contributed by atoms with Crippen LogP contribution >= 0.6 is 0 Å². The number of hydrogen-bond acceptors (Lipinski definition) is 8. The highest BCUT2D eigenvalue weighted by atomic mass is 16.6. The number of rotatable bonds is 9. The Hall–Kier alpha value is -5.50. The molecule has 48 heavy (non-hydrogen) atoms. The van der Waals surface area contributed by atoms with E-state index < -0.39 is 35.7 Å². The molecule has 250 valence electrons. The van der Waals surface area contributed by atoms with Crippen LogP contribution in [0.25, 0.3) is 0 Å². The van der Waals surface area contributed by atoms with Gasteiger partial charge >= 0.3 is 12.1 Å². The van der Waals surface area contributed by atoms with Gasteiger partial charge < -0.3 is 19.3 Å². The van der Waals surface area contributed by atoms with Crippen LogP contribution in [0.2, 0.25) is 0 Å². The van der Waals surface area contributed by atoms with Gasteiger partial charge in [0.15, 0.2) is 5.78 Å². The fraction of sp³-hybridized carbons (Fsp3) is 0.351. The van der Waals surface area contributed by atoms with Gasteiger partial charge in [-0.1, -0.05) is 42.2 Å². The van der Waals surface area contributed by atoms with Crippen molar-refractivity contribution in [3.05, 3.63) is 89.1 Å². The molecule has 1 aliphatic heterocycles. The standard InChI is InChI=1S/C37H40N4O7/c1-7-47-31(43)22-24(2)41-32(26-15-9-8-10-16-26)35(45)40(6)29-20-19-25(23-28(29)34(41)44)14-11-12-18-30(42)27-17-13-21-38-33(27)39-36(46)48-37(3,4)5/h8-10,13,15-17,19-21,23-24,32H,7,12,18,22H2,1-6H3,(H,38,39,46). The van der Waals surface area contributed by atoms with Gasteiger partial charge in [0, 0.05) is 37.7 Å². The van der Waals surface area contributed by atoms with Crippen molar-refractivity contribution in [1.82, 2.24) is 9.88 Å². The van der Waals surface area contributed by atoms with Crippen molar-refractivity contribution in [3.63, 3.8) is 0 Å². The average molecular weight is 653 g/mol. The van der Waals surface area contributed by atoms with E-state index in [0.717, 1.165) is 0 Å². The lowest BCUT2D eigenvalue weighted by atomic mass is 10.0. The highest BCUT2D eigenvalue weighted by molar-refractivity contribution is 6.11. The van der Waals surface area contributed by atoms with Gasteiger partial charge in [0.1, 0.15) is 17.5 Å². The zero-order valence-electron chi connectivity index (χ0n) is 28.0. The van der Waals surface area contributed by atoms with E-state index >= 15 is 0 Å². The number of fused-ring (bicyclic) bond motifs is 1. The molecule has 3 amide bonds. The zero-order valence-corrected chi connectivity index (χ0v) is 28.0. The predicted octanol–water partition coefficient (Wildman–Crippen LogP) is 5.94. The first-order valence-corrected chi connectivity index (χ1v) is 15.7. The molecule has 1 aromatic heterocycles. The smallest absolute Gasteiger partial charge is 0.413 e. The van der Waals surface area contributed by atoms with Gasteiger partial charge in [-0.2, -0.15) is 0 Å². The third-order valence-electron chi connectivity index (χ3n) is 7.46. The van der Waals surface area contributed by atoms with Gasteiger partial charge in [0.25, 0.3) is 11.8 Å². The molecule has 1 N–H and O–H groups in total. The van der Waals surface area contributed by atoms with E-state index in [2.05, 4.69) is 22.1 Å². The van der Waals surface area contributed by atoms with Gasteiger partial charge in [-0.3, -0.25) is 24.5 Å². The number of likely N-dealkylation sites (N-methyl/N-ethyl adjacent to an activating group) is 1. The summed E-state index contributed by atoms with van der Waals surface area (Å²) in [6.45, 7) is 8.83. The number of Topliss-reactive ketones (excluding diaryl/α,β-unsaturated/α-hetero) is 1. The van der Waals surface area contributed by atoms with Crippen LogP contribution in [0.3, 0.4) is 0 Å². The van der Waals surface area contributed by atoms with Crippen molar-refractivity contribution < 1.29 is 33.4 Å². The van der Waals surface area contributed by atoms with Crippen LogP contribution < -0.4 is 10.2 Å². The Morgan fingerprint density at radius 1 is 1.04 bits per heavy atom. The Balaban J connectivity index is 1.57. The first-order valence-electron chi connectivity index (χ1n) is 15.7. The number of carbonyl (C=O) groups excluding carboxylic acids is 5. The van der Waals surface area contributed by atoms with E-state index in [1.165, 1.54) is 16.0 Å². The van der Waals surface area contributed by atoms with Gasteiger partial charge in [0.2, 0.25) is 0 Å². The van der Waals surface area contributed by atoms with Crippen LogP contribution in [0.4, 0.5) is 16.3 Å². The molecule has 0 saturated heterocycles. The number of nitrogens with one attached hydrogen (secondary N) is 1. The molecule has 1 aliphatic rings. The summed E-state index contributed by atoms with van der Waals surface area (Å²) in [7, 11) is 1.62. The van der Waals surface area contributed by atoms with Gasteiger partial charge in [0.05, 0.1) is 29.8 Å². The topological polar surface area (TPSA) is 135 Å². The Bertz CT molecular complexity index is 1750. The summed E-state index contributed by atoms with van der Waals surface area (Å²) in [5, 5.41) is 2.53. The first-order chi connectivity index (χ1) is 22.8. The fourth-order valence-corrected chi connectivity index (χ4v) is 5.31. The fourth-order valence-electron chi connectivity index (χ4n) is 5.31. The number of hydrogen-bond donors (Lipinski definition) is 1. The molecule has 2 heterocycles. The minimum absolute atomic E-state index is 0.0563. The Morgan fingerprint density at radius 3 is 2.46 bits per heavy atom. The van der Waals surface area contributed by atoms with E-state index in [4.69, 9.17) is 9.47 Å². The molecule has 0 fully saturated rings. The minimum Gasteiger partial charge on any atom is -0.466 e. The Labute approximate surface area is 280 Å². The molecule has 0 aliphatic carbocycles. The molecule has 2 unspecified atom stereocenters. The quantitative estimate of drug-likeness (QED) is 0.170. The number of nitrogens with zero attached hydrogens (tertiary/aromatic N) is 3. The van der Waals surface area contributed by atoms with Crippen LogP contribution in [0.5, 0.6) is 0 Å². The van der Waals surface area contributed by atoms with Crippen LogP contribution in [0, 0.1) is 11.8 Å². The molecule has 0 spiro atoms. The van der Waals surface area contributed by atoms with Crippen molar-refractivity contribution in [2.75, 3.05) is 23.9 Å². The molecule has 11 heteroatoms. The molecular formula is C37H40N4O7. The summed E-state index contributed by atoms with van der Waals surface area (Å²) in [4.78, 5) is 72.9. The minimum atomic E-state index is -0.969. The van der Waals surface area contributed by atoms with Crippen molar-refractivity contribution in [3.8, 4) is 11.8 Å². The van der Waals surface area contributed by atoms with Crippen LogP contribution in [-0.2, 0) is 19.1 Å². The zero-order chi connectivity index (χ0) is 35.0. The molecule has 0 saturated carbocycles. The third-order valence-corrected chi connectivity index (χ3v) is 7.46. The Kier molecular flexibility index (Phi) is 11.3. The highest BCUT2D eigenvalue weighted by Crippen LogP contribution is 2.36. The molecule has 2 atom stereocenters. The monoisotopic (exact) mass is 652 g/mol. The number of carbonyl (C=O) groups is 5. The molecular weight excluding hydrogens is 612 g/mol. The average Bonchev–Trinajstić information content (AvgIpc) is 3.11. The first kappa shape index (κ1) is 35.4. The molecule has 2 aromatic carbocycles. The number of esters is 1. The van der Waals surface area contributed by atoms with Crippen molar-refractivity contribution >= 4 is 41.2 Å². The van der Waals surface area contributed by atoms with Gasteiger partial charge in [-0.05, 0) is 70.5 Å². The highest BCUT2D eigenvalue weighted by Gasteiger charge is 2.42. The number of amides is 3. The number of benzene rings is 2. The predicted molar refractivity (Wildman–Crippen MR) is 180 cm³/mol. The third kappa shape index (κ3) is 8.64. The maximum atomic E-state index is 14.3. The van der Waals surface area contributed by atoms with E-state index in [-0.39, 0.29) is 54.5 Å². The molecule has 0 bridgehead atoms. The van der Waals surface area contributed by atoms with E-state index in [9.17, 15) is 24.0 Å². The van der Waals surface area contributed by atoms with Crippen LogP contribution in [0.1, 0.15) is 91.8 Å². The summed E-state index contributed by atoms with van der Waals surface area (Å²) < 4.78 is 10.4. The lowest BCUT2D eigenvalue weighted by Crippen LogP contribution is -2.46. The van der Waals surface area contributed by atoms with E-state index in [1.54, 1.807) is 96.3 Å². The normalized spacial score (nSPS) is 15.0. The summed E-state index contributed by atoms with van der Waals surface area (Å²) >= 11 is 0. The van der Waals surface area contributed by atoms with Crippen molar-refractivity contribution in [1.29, 1.82) is 0 Å². The summed E-state index contributed by atoms with van der Waals surface area (Å²) in [5.41, 5.74) is 1.33. The van der Waals surface area contributed by atoms with Crippen LogP contribution in [-0.4, -0.2) is 64.8 Å². The second kappa shape index (κ2) is 15.4. The molecule has 4 rings (SSSR count). The Morgan fingerprint density at radius 2 is 1.77 bits per heavy atom. The lowest BCUT2D eigenvalue weighted by molar-refractivity contribution is -0.144. The maximum Gasteiger partial charge on any atom is 0.413 e. The maximum absolute atomic E-state index is 14.3. The molecule has 11 nitrogen and oxygen atoms in total. The second-order valence-corrected chi connectivity index (χ2v) is 12.3. The van der Waals surface area contributed by atoms with Crippen molar-refractivity contribution in [2.24, 2.45) is 0 Å². The van der Waals surface area contributed by atoms with Gasteiger partial charge in [-0.25, -0.2) is 9.78 Å². The number of ketones is 1. The second-order valence-electron chi connectivity index (χ2n) is 12.3. The molecule has 0 radical (unpaired) electrons. The number of ether oxygens (including phenoxy) is 2.